The lowest BCUT2D eigenvalue weighted by atomic mass is 10.1. The van der Waals surface area contributed by atoms with Gasteiger partial charge in [-0.3, -0.25) is 4.57 Å². The van der Waals surface area contributed by atoms with Crippen LogP contribution in [0.4, 0.5) is 0 Å². The minimum Gasteiger partial charge on any atom is -0.306 e. The first-order valence-electron chi connectivity index (χ1n) is 14.1. The van der Waals surface area contributed by atoms with Crippen molar-refractivity contribution in [1.82, 2.24) is 23.9 Å². The molecule has 0 bridgehead atoms. The highest BCUT2D eigenvalue weighted by molar-refractivity contribution is 6.22. The van der Waals surface area contributed by atoms with E-state index in [9.17, 15) is 0 Å². The van der Waals surface area contributed by atoms with Gasteiger partial charge >= 0.3 is 0 Å². The van der Waals surface area contributed by atoms with E-state index in [0.717, 1.165) is 38.4 Å². The lowest BCUT2D eigenvalue weighted by Crippen LogP contribution is -2.06. The van der Waals surface area contributed by atoms with Crippen LogP contribution in [0.2, 0.25) is 0 Å². The molecule has 196 valence electrons. The number of para-hydroxylation sites is 2. The molecule has 0 saturated carbocycles. The molecule has 9 rings (SSSR count). The summed E-state index contributed by atoms with van der Waals surface area (Å²) in [7, 11) is 0. The van der Waals surface area contributed by atoms with Crippen LogP contribution in [-0.2, 0) is 0 Å². The van der Waals surface area contributed by atoms with Gasteiger partial charge in [0.25, 0.3) is 0 Å². The Bertz CT molecular complexity index is 2400. The van der Waals surface area contributed by atoms with Crippen LogP contribution in [0.15, 0.2) is 140 Å². The Balaban J connectivity index is 1.50. The van der Waals surface area contributed by atoms with E-state index >= 15 is 0 Å². The molecule has 42 heavy (non-hydrogen) atoms. The number of nitrogens with zero attached hydrogens (tertiary/aromatic N) is 5. The van der Waals surface area contributed by atoms with Crippen molar-refractivity contribution < 1.29 is 0 Å². The summed E-state index contributed by atoms with van der Waals surface area (Å²) in [6.07, 6.45) is 0. The van der Waals surface area contributed by atoms with Gasteiger partial charge in [0.2, 0.25) is 5.95 Å². The normalized spacial score (nSPS) is 11.8. The minimum absolute atomic E-state index is 0.592. The summed E-state index contributed by atoms with van der Waals surface area (Å²) in [6, 6.07) is 48.4. The van der Waals surface area contributed by atoms with E-state index in [1.165, 1.54) is 21.8 Å². The van der Waals surface area contributed by atoms with Gasteiger partial charge in [0.05, 0.1) is 27.6 Å². The van der Waals surface area contributed by atoms with E-state index < -0.39 is 0 Å². The highest BCUT2D eigenvalue weighted by Crippen LogP contribution is 2.40. The van der Waals surface area contributed by atoms with E-state index in [-0.39, 0.29) is 0 Å². The Morgan fingerprint density at radius 3 is 1.64 bits per heavy atom. The first kappa shape index (κ1) is 22.9. The van der Waals surface area contributed by atoms with Crippen LogP contribution in [0, 0.1) is 0 Å². The fraction of sp³-hybridized carbons (Fsp3) is 0. The molecular formula is C37H23N5. The van der Waals surface area contributed by atoms with Crippen molar-refractivity contribution in [3.8, 4) is 28.7 Å². The van der Waals surface area contributed by atoms with Gasteiger partial charge in [-0.05, 0) is 18.2 Å². The molecular weight excluding hydrogens is 514 g/mol. The van der Waals surface area contributed by atoms with Crippen molar-refractivity contribution in [3.05, 3.63) is 140 Å². The predicted molar refractivity (Wildman–Crippen MR) is 171 cm³/mol. The van der Waals surface area contributed by atoms with E-state index in [0.29, 0.717) is 17.6 Å². The number of benzene rings is 5. The second-order valence-corrected chi connectivity index (χ2v) is 10.5. The van der Waals surface area contributed by atoms with Crippen LogP contribution in [0.25, 0.3) is 77.9 Å². The zero-order valence-corrected chi connectivity index (χ0v) is 22.5. The number of hydrogen-bond acceptors (Lipinski definition) is 3. The smallest absolute Gasteiger partial charge is 0.238 e. The molecule has 0 spiro atoms. The molecule has 5 heteroatoms. The first-order valence-corrected chi connectivity index (χ1v) is 14.1. The van der Waals surface area contributed by atoms with E-state index in [1.54, 1.807) is 0 Å². The SMILES string of the molecule is c1ccc(-c2nc(-c3ccccc3)nc(-n3c4ccccc4c4c3c3ccccc3c3cc5ccccc5n34)n2)cc1. The van der Waals surface area contributed by atoms with E-state index in [2.05, 4.69) is 87.8 Å². The minimum atomic E-state index is 0.592. The molecule has 0 radical (unpaired) electrons. The molecule has 9 aromatic rings. The molecule has 5 nitrogen and oxygen atoms in total. The number of hydrogen-bond donors (Lipinski definition) is 0. The predicted octanol–water partition coefficient (Wildman–Crippen LogP) is 8.86. The summed E-state index contributed by atoms with van der Waals surface area (Å²) in [5.74, 6) is 1.87. The van der Waals surface area contributed by atoms with Crippen LogP contribution in [0.5, 0.6) is 0 Å². The summed E-state index contributed by atoms with van der Waals surface area (Å²) in [5.41, 5.74) is 7.52. The van der Waals surface area contributed by atoms with E-state index in [4.69, 9.17) is 15.0 Å². The van der Waals surface area contributed by atoms with Crippen molar-refractivity contribution in [2.24, 2.45) is 0 Å². The Morgan fingerprint density at radius 1 is 0.405 bits per heavy atom. The molecule has 0 fully saturated rings. The highest BCUT2D eigenvalue weighted by Gasteiger charge is 2.23. The number of aromatic nitrogens is 5. The maximum atomic E-state index is 5.14. The van der Waals surface area contributed by atoms with Crippen molar-refractivity contribution in [1.29, 1.82) is 0 Å². The fourth-order valence-corrected chi connectivity index (χ4v) is 6.31. The van der Waals surface area contributed by atoms with Crippen molar-refractivity contribution in [2.75, 3.05) is 0 Å². The van der Waals surface area contributed by atoms with Gasteiger partial charge in [0.15, 0.2) is 11.6 Å². The van der Waals surface area contributed by atoms with Crippen molar-refractivity contribution in [3.63, 3.8) is 0 Å². The summed E-state index contributed by atoms with van der Waals surface area (Å²) in [6.45, 7) is 0. The molecule has 0 aliphatic carbocycles. The Hall–Kier alpha value is -5.81. The summed E-state index contributed by atoms with van der Waals surface area (Å²) in [4.78, 5) is 15.2. The second-order valence-electron chi connectivity index (χ2n) is 10.5. The molecule has 4 heterocycles. The van der Waals surface area contributed by atoms with Gasteiger partial charge in [-0.2, -0.15) is 9.97 Å². The van der Waals surface area contributed by atoms with Crippen LogP contribution in [0.3, 0.4) is 0 Å². The van der Waals surface area contributed by atoms with Gasteiger partial charge in [-0.15, -0.1) is 0 Å². The number of rotatable bonds is 3. The Kier molecular flexibility index (Phi) is 4.83. The number of pyridine rings is 1. The lowest BCUT2D eigenvalue weighted by molar-refractivity contribution is 0.954. The third kappa shape index (κ3) is 3.28. The van der Waals surface area contributed by atoms with Gasteiger partial charge in [-0.25, -0.2) is 4.98 Å². The van der Waals surface area contributed by atoms with Crippen LogP contribution in [-0.4, -0.2) is 23.9 Å². The molecule has 0 N–H and O–H groups in total. The van der Waals surface area contributed by atoms with Gasteiger partial charge < -0.3 is 4.40 Å². The zero-order chi connectivity index (χ0) is 27.6. The third-order valence-electron chi connectivity index (χ3n) is 8.13. The average molecular weight is 538 g/mol. The number of fused-ring (bicyclic) bond motifs is 10. The second kappa shape index (κ2) is 8.85. The van der Waals surface area contributed by atoms with Gasteiger partial charge in [-0.1, -0.05) is 121 Å². The molecule has 5 aromatic carbocycles. The molecule has 0 atom stereocenters. The quantitative estimate of drug-likeness (QED) is 0.226. The van der Waals surface area contributed by atoms with Crippen molar-refractivity contribution >= 4 is 49.1 Å². The molecule has 0 aliphatic heterocycles. The maximum Gasteiger partial charge on any atom is 0.238 e. The van der Waals surface area contributed by atoms with E-state index in [1.807, 2.05) is 60.7 Å². The van der Waals surface area contributed by atoms with Gasteiger partial charge in [0.1, 0.15) is 0 Å². The van der Waals surface area contributed by atoms with Crippen LogP contribution >= 0.6 is 0 Å². The summed E-state index contributed by atoms with van der Waals surface area (Å²) in [5, 5.41) is 4.70. The lowest BCUT2D eigenvalue weighted by Gasteiger charge is -2.13. The summed E-state index contributed by atoms with van der Waals surface area (Å²) < 4.78 is 4.63. The Morgan fingerprint density at radius 2 is 0.952 bits per heavy atom. The molecule has 0 aliphatic rings. The zero-order valence-electron chi connectivity index (χ0n) is 22.5. The van der Waals surface area contributed by atoms with Crippen molar-refractivity contribution in [2.45, 2.75) is 0 Å². The van der Waals surface area contributed by atoms with Crippen LogP contribution in [0.1, 0.15) is 0 Å². The Labute approximate surface area is 241 Å². The molecule has 0 amide bonds. The largest absolute Gasteiger partial charge is 0.306 e. The highest BCUT2D eigenvalue weighted by atomic mass is 15.2. The standard InChI is InChI=1S/C37H23N5/c1-3-13-24(14-4-1)35-38-36(25-15-5-2-6-16-25)40-37(39-35)42-31-22-12-10-20-29(31)34-33(42)28-19-9-8-18-27(28)32-23-26-17-7-11-21-30(26)41(32)34/h1-23H. The fourth-order valence-electron chi connectivity index (χ4n) is 6.31. The monoisotopic (exact) mass is 537 g/mol. The van der Waals surface area contributed by atoms with Gasteiger partial charge in [0, 0.05) is 32.7 Å². The maximum absolute atomic E-state index is 5.14. The third-order valence-corrected chi connectivity index (χ3v) is 8.13. The first-order chi connectivity index (χ1) is 20.8. The topological polar surface area (TPSA) is 48.0 Å². The van der Waals surface area contributed by atoms with Crippen LogP contribution < -0.4 is 0 Å². The molecule has 4 aromatic heterocycles. The average Bonchev–Trinajstić information content (AvgIpc) is 3.62. The molecule has 0 saturated heterocycles. The molecule has 0 unspecified atom stereocenters. The summed E-state index contributed by atoms with van der Waals surface area (Å²) >= 11 is 0.